The number of carbonyl (C=O) groups is 1. The first-order chi connectivity index (χ1) is 12.2. The van der Waals surface area contributed by atoms with Crippen LogP contribution < -0.4 is 10.1 Å². The Morgan fingerprint density at radius 2 is 2.20 bits per heavy atom. The first-order valence-electron chi connectivity index (χ1n) is 8.34. The quantitative estimate of drug-likeness (QED) is 0.721. The highest BCUT2D eigenvalue weighted by molar-refractivity contribution is 5.92. The molecule has 5 nitrogen and oxygen atoms in total. The van der Waals surface area contributed by atoms with Crippen molar-refractivity contribution in [1.82, 2.24) is 15.5 Å². The highest BCUT2D eigenvalue weighted by atomic mass is 16.5. The van der Waals surface area contributed by atoms with Crippen LogP contribution >= 0.6 is 0 Å². The van der Waals surface area contributed by atoms with Crippen molar-refractivity contribution < 1.29 is 9.53 Å². The van der Waals surface area contributed by atoms with Gasteiger partial charge in [0.1, 0.15) is 5.75 Å². The number of para-hydroxylation sites is 1. The number of fused-ring (bicyclic) bond motifs is 2. The lowest BCUT2D eigenvalue weighted by Gasteiger charge is -2.31. The summed E-state index contributed by atoms with van der Waals surface area (Å²) in [5, 5.41) is 11.1. The molecule has 0 spiro atoms. The number of ether oxygens (including phenoxy) is 1. The van der Waals surface area contributed by atoms with Crippen molar-refractivity contribution in [2.75, 3.05) is 6.61 Å². The molecule has 3 aromatic rings. The van der Waals surface area contributed by atoms with Gasteiger partial charge in [0.05, 0.1) is 24.4 Å². The molecule has 2 heterocycles. The van der Waals surface area contributed by atoms with Crippen molar-refractivity contribution in [3.63, 3.8) is 0 Å². The molecule has 0 bridgehead atoms. The number of H-pyrrole nitrogens is 1. The fourth-order valence-corrected chi connectivity index (χ4v) is 3.14. The molecule has 0 saturated heterocycles. The fraction of sp³-hybridized carbons (Fsp3) is 0.200. The Bertz CT molecular complexity index is 945. The van der Waals surface area contributed by atoms with E-state index in [1.54, 1.807) is 12.3 Å². The average Bonchev–Trinajstić information content (AvgIpc) is 3.10. The molecule has 25 heavy (non-hydrogen) atoms. The summed E-state index contributed by atoms with van der Waals surface area (Å²) >= 11 is 0. The lowest BCUT2D eigenvalue weighted by molar-refractivity contribution is -0.117. The zero-order chi connectivity index (χ0) is 17.2. The molecule has 0 aliphatic carbocycles. The van der Waals surface area contributed by atoms with Crippen LogP contribution in [0, 0.1) is 5.92 Å². The molecular formula is C20H19N3O2. The van der Waals surface area contributed by atoms with E-state index in [4.69, 9.17) is 4.74 Å². The molecule has 1 aromatic heterocycles. The highest BCUT2D eigenvalue weighted by Gasteiger charge is 2.28. The van der Waals surface area contributed by atoms with Crippen molar-refractivity contribution in [2.24, 2.45) is 5.92 Å². The summed E-state index contributed by atoms with van der Waals surface area (Å²) < 4.78 is 5.73. The SMILES string of the molecule is C[C@@H]1COc2ccccc2[C@@H]1NC(=O)/C=C/c1ccc2cn[nH]c2c1. The summed E-state index contributed by atoms with van der Waals surface area (Å²) in [5.41, 5.74) is 2.93. The van der Waals surface area contributed by atoms with Crippen LogP contribution in [-0.2, 0) is 4.79 Å². The number of carbonyl (C=O) groups excluding carboxylic acids is 1. The molecule has 1 aliphatic rings. The first-order valence-corrected chi connectivity index (χ1v) is 8.34. The summed E-state index contributed by atoms with van der Waals surface area (Å²) in [6, 6.07) is 13.7. The van der Waals surface area contributed by atoms with Gasteiger partial charge < -0.3 is 10.1 Å². The smallest absolute Gasteiger partial charge is 0.244 e. The van der Waals surface area contributed by atoms with E-state index in [0.717, 1.165) is 27.8 Å². The Kier molecular flexibility index (Phi) is 3.98. The van der Waals surface area contributed by atoms with Crippen LogP contribution in [0.4, 0.5) is 0 Å². The molecule has 2 aromatic carbocycles. The fourth-order valence-electron chi connectivity index (χ4n) is 3.14. The van der Waals surface area contributed by atoms with E-state index in [1.165, 1.54) is 0 Å². The number of amides is 1. The third-order valence-corrected chi connectivity index (χ3v) is 4.52. The Hall–Kier alpha value is -3.08. The molecule has 0 fully saturated rings. The molecular weight excluding hydrogens is 314 g/mol. The predicted molar refractivity (Wildman–Crippen MR) is 97.1 cm³/mol. The summed E-state index contributed by atoms with van der Waals surface area (Å²) in [6.45, 7) is 2.68. The number of aromatic nitrogens is 2. The van der Waals surface area contributed by atoms with E-state index in [1.807, 2.05) is 48.5 Å². The van der Waals surface area contributed by atoms with Gasteiger partial charge >= 0.3 is 0 Å². The Balaban J connectivity index is 1.50. The van der Waals surface area contributed by atoms with Crippen LogP contribution in [0.5, 0.6) is 5.75 Å². The number of hydrogen-bond donors (Lipinski definition) is 2. The van der Waals surface area contributed by atoms with Gasteiger partial charge in [-0.1, -0.05) is 37.3 Å². The third-order valence-electron chi connectivity index (χ3n) is 4.52. The van der Waals surface area contributed by atoms with Crippen molar-refractivity contribution in [1.29, 1.82) is 0 Å². The Morgan fingerprint density at radius 3 is 3.12 bits per heavy atom. The van der Waals surface area contributed by atoms with Crippen molar-refractivity contribution in [2.45, 2.75) is 13.0 Å². The summed E-state index contributed by atoms with van der Waals surface area (Å²) in [5.74, 6) is 0.950. The van der Waals surface area contributed by atoms with E-state index in [2.05, 4.69) is 22.4 Å². The topological polar surface area (TPSA) is 67.0 Å². The van der Waals surface area contributed by atoms with E-state index in [0.29, 0.717) is 6.61 Å². The van der Waals surface area contributed by atoms with Crippen molar-refractivity contribution in [3.05, 3.63) is 65.9 Å². The molecule has 5 heteroatoms. The van der Waals surface area contributed by atoms with Crippen LogP contribution in [0.15, 0.2) is 54.7 Å². The van der Waals surface area contributed by atoms with Crippen LogP contribution in [0.1, 0.15) is 24.1 Å². The number of aromatic amines is 1. The van der Waals surface area contributed by atoms with E-state index >= 15 is 0 Å². The zero-order valence-corrected chi connectivity index (χ0v) is 13.9. The molecule has 2 N–H and O–H groups in total. The van der Waals surface area contributed by atoms with Gasteiger partial charge in [0, 0.05) is 22.9 Å². The number of rotatable bonds is 3. The largest absolute Gasteiger partial charge is 0.493 e. The predicted octanol–water partition coefficient (Wildman–Crippen LogP) is 3.46. The Labute approximate surface area is 145 Å². The van der Waals surface area contributed by atoms with Crippen LogP contribution in [0.25, 0.3) is 17.0 Å². The molecule has 4 rings (SSSR count). The first kappa shape index (κ1) is 15.4. The van der Waals surface area contributed by atoms with Crippen LogP contribution in [0.3, 0.4) is 0 Å². The number of nitrogens with one attached hydrogen (secondary N) is 2. The van der Waals surface area contributed by atoms with Gasteiger partial charge in [0.15, 0.2) is 0 Å². The monoisotopic (exact) mass is 333 g/mol. The summed E-state index contributed by atoms with van der Waals surface area (Å²) in [4.78, 5) is 12.4. The van der Waals surface area contributed by atoms with Crippen LogP contribution in [-0.4, -0.2) is 22.7 Å². The summed E-state index contributed by atoms with van der Waals surface area (Å²) in [6.07, 6.45) is 5.16. The third kappa shape index (κ3) is 3.13. The molecule has 2 atom stereocenters. The van der Waals surface area contributed by atoms with E-state index in [-0.39, 0.29) is 17.9 Å². The van der Waals surface area contributed by atoms with Gasteiger partial charge in [0.25, 0.3) is 0 Å². The second-order valence-corrected chi connectivity index (χ2v) is 6.36. The molecule has 0 saturated carbocycles. The van der Waals surface area contributed by atoms with Gasteiger partial charge in [-0.3, -0.25) is 9.89 Å². The standard InChI is InChI=1S/C20H19N3O2/c1-13-12-25-18-5-3-2-4-16(18)20(13)22-19(24)9-7-14-6-8-15-11-21-23-17(15)10-14/h2-11,13,20H,12H2,1H3,(H,21,23)(H,22,24)/b9-7+/t13-,20-/m1/s1. The lowest BCUT2D eigenvalue weighted by atomic mass is 9.92. The van der Waals surface area contributed by atoms with Gasteiger partial charge in [0.2, 0.25) is 5.91 Å². The average molecular weight is 333 g/mol. The van der Waals surface area contributed by atoms with E-state index < -0.39 is 0 Å². The maximum Gasteiger partial charge on any atom is 0.244 e. The van der Waals surface area contributed by atoms with Gasteiger partial charge in [-0.15, -0.1) is 0 Å². The molecule has 126 valence electrons. The minimum atomic E-state index is -0.113. The second kappa shape index (κ2) is 6.43. The molecule has 0 radical (unpaired) electrons. The minimum Gasteiger partial charge on any atom is -0.493 e. The minimum absolute atomic E-state index is 0.0443. The van der Waals surface area contributed by atoms with Crippen LogP contribution in [0.2, 0.25) is 0 Å². The van der Waals surface area contributed by atoms with Gasteiger partial charge in [-0.05, 0) is 23.8 Å². The highest BCUT2D eigenvalue weighted by Crippen LogP contribution is 2.34. The second-order valence-electron chi connectivity index (χ2n) is 6.36. The van der Waals surface area contributed by atoms with Gasteiger partial charge in [-0.25, -0.2) is 0 Å². The maximum atomic E-state index is 12.4. The zero-order valence-electron chi connectivity index (χ0n) is 13.9. The lowest BCUT2D eigenvalue weighted by Crippen LogP contribution is -2.36. The number of hydrogen-bond acceptors (Lipinski definition) is 3. The number of benzene rings is 2. The summed E-state index contributed by atoms with van der Waals surface area (Å²) in [7, 11) is 0. The van der Waals surface area contributed by atoms with Gasteiger partial charge in [-0.2, -0.15) is 5.10 Å². The van der Waals surface area contributed by atoms with Crippen molar-refractivity contribution in [3.8, 4) is 5.75 Å². The normalized spacial score (nSPS) is 19.6. The molecule has 0 unspecified atom stereocenters. The maximum absolute atomic E-state index is 12.4. The Morgan fingerprint density at radius 1 is 1.32 bits per heavy atom. The molecule has 1 amide bonds. The number of nitrogens with zero attached hydrogens (tertiary/aromatic N) is 1. The molecule has 1 aliphatic heterocycles. The van der Waals surface area contributed by atoms with E-state index in [9.17, 15) is 4.79 Å². The van der Waals surface area contributed by atoms with Crippen molar-refractivity contribution >= 4 is 22.9 Å².